The van der Waals surface area contributed by atoms with E-state index in [0.29, 0.717) is 26.1 Å². The fourth-order valence-electron chi connectivity index (χ4n) is 2.24. The molecule has 0 aromatic carbocycles. The van der Waals surface area contributed by atoms with E-state index < -0.39 is 11.7 Å². The quantitative estimate of drug-likeness (QED) is 0.833. The molecule has 2 heterocycles. The first-order valence-corrected chi connectivity index (χ1v) is 7.97. The van der Waals surface area contributed by atoms with Crippen LogP contribution in [0.5, 0.6) is 0 Å². The van der Waals surface area contributed by atoms with Crippen LogP contribution < -0.4 is 10.4 Å². The third-order valence-electron chi connectivity index (χ3n) is 3.22. The maximum absolute atomic E-state index is 12.2. The molecule has 8 nitrogen and oxygen atoms in total. The van der Waals surface area contributed by atoms with Gasteiger partial charge in [-0.2, -0.15) is 10.2 Å². The molecule has 0 spiro atoms. The van der Waals surface area contributed by atoms with Crippen molar-refractivity contribution in [1.82, 2.24) is 15.4 Å². The first kappa shape index (κ1) is 18.2. The lowest BCUT2D eigenvalue weighted by Crippen LogP contribution is -2.52. The van der Waals surface area contributed by atoms with E-state index in [0.717, 1.165) is 0 Å². The molecule has 0 aliphatic carbocycles. The van der Waals surface area contributed by atoms with Gasteiger partial charge in [-0.25, -0.2) is 15.2 Å². The van der Waals surface area contributed by atoms with E-state index in [1.807, 2.05) is 6.07 Å². The third-order valence-corrected chi connectivity index (χ3v) is 3.49. The lowest BCUT2D eigenvalue weighted by molar-refractivity contribution is 0.0476. The van der Waals surface area contributed by atoms with Crippen LogP contribution in [0, 0.1) is 11.3 Å². The molecule has 1 fully saturated rings. The second-order valence-electron chi connectivity index (χ2n) is 6.30. The molecule has 1 aliphatic heterocycles. The highest BCUT2D eigenvalue weighted by Crippen LogP contribution is 2.26. The highest BCUT2D eigenvalue weighted by Gasteiger charge is 2.28. The summed E-state index contributed by atoms with van der Waals surface area (Å²) in [5.74, 6) is 0.235. The van der Waals surface area contributed by atoms with Gasteiger partial charge in [-0.05, 0) is 33.6 Å². The number of nitrogens with one attached hydrogen (secondary N) is 1. The van der Waals surface area contributed by atoms with Crippen LogP contribution in [-0.4, -0.2) is 40.9 Å². The minimum atomic E-state index is -0.640. The molecule has 1 saturated heterocycles. The van der Waals surface area contributed by atoms with E-state index in [2.05, 4.69) is 15.4 Å². The first-order chi connectivity index (χ1) is 11.3. The Hall–Kier alpha value is -2.11. The molecule has 0 atom stereocenters. The Kier molecular flexibility index (Phi) is 5.80. The van der Waals surface area contributed by atoms with Crippen LogP contribution in [0.4, 0.5) is 10.6 Å². The zero-order chi connectivity index (χ0) is 17.7. The summed E-state index contributed by atoms with van der Waals surface area (Å²) in [4.78, 5) is 20.1. The van der Waals surface area contributed by atoms with E-state index in [-0.39, 0.29) is 22.7 Å². The number of amides is 1. The summed E-state index contributed by atoms with van der Waals surface area (Å²) in [6.45, 7) is 6.44. The molecule has 0 saturated carbocycles. The Labute approximate surface area is 145 Å². The summed E-state index contributed by atoms with van der Waals surface area (Å²) in [7, 11) is 0. The van der Waals surface area contributed by atoms with Gasteiger partial charge in [0.15, 0.2) is 5.82 Å². The number of hydrazine groups is 1. The van der Waals surface area contributed by atoms with Gasteiger partial charge < -0.3 is 9.47 Å². The van der Waals surface area contributed by atoms with Crippen LogP contribution in [-0.2, 0) is 9.47 Å². The molecule has 130 valence electrons. The van der Waals surface area contributed by atoms with Gasteiger partial charge in [-0.3, -0.25) is 5.01 Å². The summed E-state index contributed by atoms with van der Waals surface area (Å²) >= 11 is 6.18. The summed E-state index contributed by atoms with van der Waals surface area (Å²) in [5.41, 5.74) is 2.04. The van der Waals surface area contributed by atoms with Crippen LogP contribution in [0.2, 0.25) is 5.02 Å². The number of rotatable bonds is 3. The SMILES string of the molecule is CC(C)(C)OC(=O)NN(c1nc(C#N)ncc1Cl)C1CCOCC1. The molecule has 1 N–H and O–H groups in total. The summed E-state index contributed by atoms with van der Waals surface area (Å²) in [5, 5.41) is 10.8. The minimum Gasteiger partial charge on any atom is -0.443 e. The fourth-order valence-corrected chi connectivity index (χ4v) is 2.42. The molecule has 1 aliphatic rings. The molecule has 1 aromatic rings. The summed E-state index contributed by atoms with van der Waals surface area (Å²) in [6.07, 6.45) is 2.07. The average molecular weight is 354 g/mol. The van der Waals surface area contributed by atoms with Gasteiger partial charge in [-0.15, -0.1) is 0 Å². The number of ether oxygens (including phenoxy) is 2. The first-order valence-electron chi connectivity index (χ1n) is 7.59. The minimum absolute atomic E-state index is 0.0301. The Morgan fingerprint density at radius 1 is 1.50 bits per heavy atom. The fraction of sp³-hybridized carbons (Fsp3) is 0.600. The van der Waals surface area contributed by atoms with Gasteiger partial charge in [0.05, 0.1) is 12.2 Å². The monoisotopic (exact) mass is 353 g/mol. The summed E-state index contributed by atoms with van der Waals surface area (Å²) < 4.78 is 10.7. The zero-order valence-corrected chi connectivity index (χ0v) is 14.6. The van der Waals surface area contributed by atoms with Crippen molar-refractivity contribution in [3.8, 4) is 6.07 Å². The zero-order valence-electron chi connectivity index (χ0n) is 13.9. The molecule has 0 radical (unpaired) electrons. The van der Waals surface area contributed by atoms with E-state index >= 15 is 0 Å². The van der Waals surface area contributed by atoms with Crippen molar-refractivity contribution in [2.24, 2.45) is 0 Å². The number of anilines is 1. The predicted molar refractivity (Wildman–Crippen MR) is 87.4 cm³/mol. The second-order valence-corrected chi connectivity index (χ2v) is 6.71. The largest absolute Gasteiger partial charge is 0.443 e. The van der Waals surface area contributed by atoms with Crippen molar-refractivity contribution in [3.05, 3.63) is 17.0 Å². The van der Waals surface area contributed by atoms with Crippen molar-refractivity contribution < 1.29 is 14.3 Å². The lowest BCUT2D eigenvalue weighted by Gasteiger charge is -2.35. The molecule has 24 heavy (non-hydrogen) atoms. The van der Waals surface area contributed by atoms with Gasteiger partial charge in [0.25, 0.3) is 0 Å². The number of halogens is 1. The van der Waals surface area contributed by atoms with Crippen LogP contribution >= 0.6 is 11.6 Å². The molecule has 1 amide bonds. The Morgan fingerprint density at radius 2 is 2.17 bits per heavy atom. The number of aromatic nitrogens is 2. The Morgan fingerprint density at radius 3 is 2.75 bits per heavy atom. The van der Waals surface area contributed by atoms with Crippen molar-refractivity contribution in [3.63, 3.8) is 0 Å². The smallest absolute Gasteiger partial charge is 0.426 e. The van der Waals surface area contributed by atoms with Gasteiger partial charge in [0.1, 0.15) is 16.7 Å². The van der Waals surface area contributed by atoms with Crippen LogP contribution in [0.3, 0.4) is 0 Å². The molecular weight excluding hydrogens is 334 g/mol. The van der Waals surface area contributed by atoms with Crippen molar-refractivity contribution in [1.29, 1.82) is 5.26 Å². The normalized spacial score (nSPS) is 15.5. The topological polar surface area (TPSA) is 100 Å². The highest BCUT2D eigenvalue weighted by atomic mass is 35.5. The van der Waals surface area contributed by atoms with E-state index in [1.165, 1.54) is 6.20 Å². The highest BCUT2D eigenvalue weighted by molar-refractivity contribution is 6.32. The average Bonchev–Trinajstić information content (AvgIpc) is 2.52. The Balaban J connectivity index is 2.29. The summed E-state index contributed by atoms with van der Waals surface area (Å²) in [6, 6.07) is 1.79. The standard InChI is InChI=1S/C15H20ClN5O3/c1-15(2,3)24-14(22)20-21(10-4-6-23-7-5-10)13-11(16)9-18-12(8-17)19-13/h9-10H,4-7H2,1-3H3,(H,20,22). The number of hydrogen-bond acceptors (Lipinski definition) is 7. The van der Waals surface area contributed by atoms with Gasteiger partial charge in [-0.1, -0.05) is 11.6 Å². The third kappa shape index (κ3) is 4.94. The van der Waals surface area contributed by atoms with Crippen molar-refractivity contribution in [2.45, 2.75) is 45.3 Å². The van der Waals surface area contributed by atoms with Crippen LogP contribution in [0.1, 0.15) is 39.4 Å². The molecule has 0 bridgehead atoms. The molecule has 0 unspecified atom stereocenters. The number of carbonyl (C=O) groups excluding carboxylic acids is 1. The molecule has 2 rings (SSSR count). The maximum atomic E-state index is 12.2. The van der Waals surface area contributed by atoms with Gasteiger partial charge >= 0.3 is 6.09 Å². The van der Waals surface area contributed by atoms with E-state index in [4.69, 9.17) is 26.3 Å². The van der Waals surface area contributed by atoms with Crippen molar-refractivity contribution >= 4 is 23.5 Å². The van der Waals surface area contributed by atoms with Crippen LogP contribution in [0.25, 0.3) is 0 Å². The van der Waals surface area contributed by atoms with E-state index in [1.54, 1.807) is 25.8 Å². The second kappa shape index (κ2) is 7.64. The van der Waals surface area contributed by atoms with Crippen molar-refractivity contribution in [2.75, 3.05) is 18.2 Å². The van der Waals surface area contributed by atoms with Gasteiger partial charge in [0.2, 0.25) is 5.82 Å². The maximum Gasteiger partial charge on any atom is 0.426 e. The number of nitriles is 1. The number of hydrogen-bond donors (Lipinski definition) is 1. The Bertz CT molecular complexity index is 635. The van der Waals surface area contributed by atoms with E-state index in [9.17, 15) is 4.79 Å². The number of carbonyl (C=O) groups is 1. The number of nitrogens with zero attached hydrogens (tertiary/aromatic N) is 4. The van der Waals surface area contributed by atoms with Gasteiger partial charge in [0, 0.05) is 13.2 Å². The predicted octanol–water partition coefficient (Wildman–Crippen LogP) is 2.43. The molecular formula is C15H20ClN5O3. The molecule has 9 heteroatoms. The molecule has 1 aromatic heterocycles. The lowest BCUT2D eigenvalue weighted by atomic mass is 10.1. The van der Waals surface area contributed by atoms with Crippen LogP contribution in [0.15, 0.2) is 6.20 Å².